The zero-order valence-electron chi connectivity index (χ0n) is 11.0. The lowest BCUT2D eigenvalue weighted by atomic mass is 9.99. The molecule has 1 aromatic carbocycles. The Morgan fingerprint density at radius 1 is 1.30 bits per heavy atom. The zero-order valence-corrected chi connectivity index (χ0v) is 11.0. The molecule has 1 aliphatic heterocycles. The third-order valence-corrected chi connectivity index (χ3v) is 3.12. The maximum Gasteiger partial charge on any atom is 0.243 e. The van der Waals surface area contributed by atoms with E-state index in [2.05, 4.69) is 10.6 Å². The van der Waals surface area contributed by atoms with Crippen molar-refractivity contribution in [3.63, 3.8) is 0 Å². The van der Waals surface area contributed by atoms with E-state index in [0.29, 0.717) is 31.7 Å². The van der Waals surface area contributed by atoms with Gasteiger partial charge in [-0.05, 0) is 31.0 Å². The fourth-order valence-electron chi connectivity index (χ4n) is 2.04. The standard InChI is InChI=1S/C14H17FN2O3/c15-11-2-1-3-12(8-11)17-13(18)9-16-14(19)10-4-6-20-7-5-10/h1-3,8,10H,4-7,9H2,(H,16,19)(H,17,18). The number of benzene rings is 1. The summed E-state index contributed by atoms with van der Waals surface area (Å²) in [5, 5.41) is 5.11. The summed E-state index contributed by atoms with van der Waals surface area (Å²) in [6, 6.07) is 5.60. The summed E-state index contributed by atoms with van der Waals surface area (Å²) >= 11 is 0. The minimum atomic E-state index is -0.422. The lowest BCUT2D eigenvalue weighted by Crippen LogP contribution is -2.38. The molecule has 0 spiro atoms. The van der Waals surface area contributed by atoms with E-state index in [1.807, 2.05) is 0 Å². The Kier molecular flexibility index (Phi) is 5.06. The highest BCUT2D eigenvalue weighted by Gasteiger charge is 2.21. The van der Waals surface area contributed by atoms with Crippen LogP contribution in [0.25, 0.3) is 0 Å². The number of carbonyl (C=O) groups excluding carboxylic acids is 2. The van der Waals surface area contributed by atoms with Crippen LogP contribution in [0, 0.1) is 11.7 Å². The molecule has 0 aliphatic carbocycles. The van der Waals surface area contributed by atoms with Crippen molar-refractivity contribution in [2.45, 2.75) is 12.8 Å². The van der Waals surface area contributed by atoms with Crippen molar-refractivity contribution in [3.8, 4) is 0 Å². The van der Waals surface area contributed by atoms with Gasteiger partial charge in [0.15, 0.2) is 0 Å². The Labute approximate surface area is 116 Å². The van der Waals surface area contributed by atoms with Gasteiger partial charge in [0.25, 0.3) is 0 Å². The highest BCUT2D eigenvalue weighted by atomic mass is 19.1. The topological polar surface area (TPSA) is 67.4 Å². The highest BCUT2D eigenvalue weighted by Crippen LogP contribution is 2.14. The predicted molar refractivity (Wildman–Crippen MR) is 71.6 cm³/mol. The fraction of sp³-hybridized carbons (Fsp3) is 0.429. The van der Waals surface area contributed by atoms with Crippen molar-refractivity contribution in [2.75, 3.05) is 25.1 Å². The van der Waals surface area contributed by atoms with Gasteiger partial charge in [0.05, 0.1) is 6.54 Å². The SMILES string of the molecule is O=C(CNC(=O)C1CCOCC1)Nc1cccc(F)c1. The monoisotopic (exact) mass is 280 g/mol. The lowest BCUT2D eigenvalue weighted by molar-refractivity contribution is -0.129. The van der Waals surface area contributed by atoms with Gasteiger partial charge < -0.3 is 15.4 Å². The van der Waals surface area contributed by atoms with E-state index in [1.54, 1.807) is 6.07 Å². The van der Waals surface area contributed by atoms with Crippen LogP contribution < -0.4 is 10.6 Å². The van der Waals surface area contributed by atoms with E-state index in [-0.39, 0.29) is 24.3 Å². The van der Waals surface area contributed by atoms with Crippen LogP contribution in [0.15, 0.2) is 24.3 Å². The summed E-state index contributed by atoms with van der Waals surface area (Å²) in [4.78, 5) is 23.4. The van der Waals surface area contributed by atoms with Crippen LogP contribution in [0.1, 0.15) is 12.8 Å². The second-order valence-electron chi connectivity index (χ2n) is 4.66. The van der Waals surface area contributed by atoms with E-state index < -0.39 is 5.82 Å². The number of hydrogen-bond donors (Lipinski definition) is 2. The van der Waals surface area contributed by atoms with Gasteiger partial charge in [-0.1, -0.05) is 6.07 Å². The van der Waals surface area contributed by atoms with Crippen LogP contribution in [0.2, 0.25) is 0 Å². The first-order valence-corrected chi connectivity index (χ1v) is 6.56. The highest BCUT2D eigenvalue weighted by molar-refractivity contribution is 5.94. The van der Waals surface area contributed by atoms with E-state index in [1.165, 1.54) is 18.2 Å². The molecule has 108 valence electrons. The van der Waals surface area contributed by atoms with Crippen LogP contribution in [0.5, 0.6) is 0 Å². The fourth-order valence-corrected chi connectivity index (χ4v) is 2.04. The molecular weight excluding hydrogens is 263 g/mol. The van der Waals surface area contributed by atoms with E-state index in [0.717, 1.165) is 0 Å². The molecule has 1 saturated heterocycles. The molecule has 0 atom stereocenters. The van der Waals surface area contributed by atoms with Gasteiger partial charge in [-0.2, -0.15) is 0 Å². The van der Waals surface area contributed by atoms with E-state index in [4.69, 9.17) is 4.74 Å². The smallest absolute Gasteiger partial charge is 0.243 e. The Balaban J connectivity index is 1.75. The van der Waals surface area contributed by atoms with Crippen LogP contribution in [0.3, 0.4) is 0 Å². The largest absolute Gasteiger partial charge is 0.381 e. The molecule has 0 aromatic heterocycles. The van der Waals surface area contributed by atoms with Crippen LogP contribution in [-0.2, 0) is 14.3 Å². The summed E-state index contributed by atoms with van der Waals surface area (Å²) in [6.45, 7) is 1.04. The molecule has 0 unspecified atom stereocenters. The molecule has 2 rings (SSSR count). The van der Waals surface area contributed by atoms with Gasteiger partial charge >= 0.3 is 0 Å². The molecule has 0 bridgehead atoms. The van der Waals surface area contributed by atoms with Gasteiger partial charge in [-0.25, -0.2) is 4.39 Å². The van der Waals surface area contributed by atoms with Crippen molar-refractivity contribution in [1.82, 2.24) is 5.32 Å². The first-order valence-electron chi connectivity index (χ1n) is 6.56. The normalized spacial score (nSPS) is 15.7. The third kappa shape index (κ3) is 4.31. The number of amides is 2. The van der Waals surface area contributed by atoms with Crippen molar-refractivity contribution in [2.24, 2.45) is 5.92 Å². The van der Waals surface area contributed by atoms with Gasteiger partial charge in [-0.3, -0.25) is 9.59 Å². The number of rotatable bonds is 4. The predicted octanol–water partition coefficient (Wildman–Crippen LogP) is 1.31. The lowest BCUT2D eigenvalue weighted by Gasteiger charge is -2.21. The molecule has 1 aromatic rings. The summed E-state index contributed by atoms with van der Waals surface area (Å²) in [5.41, 5.74) is 0.371. The Morgan fingerprint density at radius 2 is 2.05 bits per heavy atom. The first-order chi connectivity index (χ1) is 9.65. The Hall–Kier alpha value is -1.95. The molecule has 2 N–H and O–H groups in total. The average Bonchev–Trinajstić information content (AvgIpc) is 2.46. The molecule has 5 nitrogen and oxygen atoms in total. The average molecular weight is 280 g/mol. The third-order valence-electron chi connectivity index (χ3n) is 3.12. The summed E-state index contributed by atoms with van der Waals surface area (Å²) in [7, 11) is 0. The number of carbonyl (C=O) groups is 2. The molecule has 6 heteroatoms. The zero-order chi connectivity index (χ0) is 14.4. The van der Waals surface area contributed by atoms with Crippen LogP contribution in [0.4, 0.5) is 10.1 Å². The second kappa shape index (κ2) is 7.00. The molecule has 1 fully saturated rings. The van der Waals surface area contributed by atoms with Crippen molar-refractivity contribution in [1.29, 1.82) is 0 Å². The van der Waals surface area contributed by atoms with Gasteiger partial charge in [-0.15, -0.1) is 0 Å². The van der Waals surface area contributed by atoms with Crippen molar-refractivity contribution in [3.05, 3.63) is 30.1 Å². The Bertz CT molecular complexity index is 487. The number of halogens is 1. The first kappa shape index (κ1) is 14.5. The minimum Gasteiger partial charge on any atom is -0.381 e. The maximum atomic E-state index is 12.9. The van der Waals surface area contributed by atoms with E-state index in [9.17, 15) is 14.0 Å². The molecule has 1 heterocycles. The summed E-state index contributed by atoms with van der Waals surface area (Å²) in [6.07, 6.45) is 1.36. The quantitative estimate of drug-likeness (QED) is 0.873. The molecule has 1 aliphatic rings. The van der Waals surface area contributed by atoms with Crippen molar-refractivity contribution < 1.29 is 18.7 Å². The molecule has 0 saturated carbocycles. The second-order valence-corrected chi connectivity index (χ2v) is 4.66. The van der Waals surface area contributed by atoms with Crippen LogP contribution in [-0.4, -0.2) is 31.6 Å². The number of hydrogen-bond acceptors (Lipinski definition) is 3. The molecule has 20 heavy (non-hydrogen) atoms. The van der Waals surface area contributed by atoms with Gasteiger partial charge in [0.1, 0.15) is 5.82 Å². The van der Waals surface area contributed by atoms with Crippen LogP contribution >= 0.6 is 0 Å². The molecular formula is C14H17FN2O3. The Morgan fingerprint density at radius 3 is 2.75 bits per heavy atom. The number of ether oxygens (including phenoxy) is 1. The summed E-state index contributed by atoms with van der Waals surface area (Å²) < 4.78 is 18.1. The van der Waals surface area contributed by atoms with E-state index >= 15 is 0 Å². The maximum absolute atomic E-state index is 12.9. The molecule has 0 radical (unpaired) electrons. The van der Waals surface area contributed by atoms with Crippen molar-refractivity contribution >= 4 is 17.5 Å². The minimum absolute atomic E-state index is 0.0919. The summed E-state index contributed by atoms with van der Waals surface area (Å²) in [5.74, 6) is -1.03. The van der Waals surface area contributed by atoms with Gasteiger partial charge in [0.2, 0.25) is 11.8 Å². The number of anilines is 1. The van der Waals surface area contributed by atoms with Gasteiger partial charge in [0, 0.05) is 24.8 Å². The molecule has 2 amide bonds. The number of nitrogens with one attached hydrogen (secondary N) is 2.